The lowest BCUT2D eigenvalue weighted by Crippen LogP contribution is -2.06. The SMILES string of the molecule is O=C1ON=C(c2ccc(F)cc2)/C1=C/c1ccc(OCc2cccnc2)cc1. The molecule has 6 heteroatoms. The highest BCUT2D eigenvalue weighted by Gasteiger charge is 2.26. The van der Waals surface area contributed by atoms with Crippen molar-refractivity contribution in [2.45, 2.75) is 6.61 Å². The van der Waals surface area contributed by atoms with Crippen LogP contribution in [-0.2, 0) is 16.2 Å². The molecule has 1 aromatic heterocycles. The van der Waals surface area contributed by atoms with Gasteiger partial charge in [-0.3, -0.25) is 4.98 Å². The Labute approximate surface area is 160 Å². The van der Waals surface area contributed by atoms with Crippen molar-refractivity contribution in [3.63, 3.8) is 0 Å². The minimum absolute atomic E-state index is 0.315. The van der Waals surface area contributed by atoms with Crippen LogP contribution in [0.15, 0.2) is 83.8 Å². The standard InChI is InChI=1S/C22H15FN2O3/c23-18-7-5-17(6-8-18)21-20(22(26)28-25-21)12-15-3-9-19(10-4-15)27-14-16-2-1-11-24-13-16/h1-13H,14H2/b20-12-. The monoisotopic (exact) mass is 374 g/mol. The molecule has 0 unspecified atom stereocenters. The highest BCUT2D eigenvalue weighted by molar-refractivity contribution is 6.31. The van der Waals surface area contributed by atoms with Crippen molar-refractivity contribution in [3.05, 3.63) is 101 Å². The van der Waals surface area contributed by atoms with Gasteiger partial charge in [0.1, 0.15) is 23.9 Å². The van der Waals surface area contributed by atoms with E-state index in [1.807, 2.05) is 36.4 Å². The fourth-order valence-electron chi connectivity index (χ4n) is 2.70. The van der Waals surface area contributed by atoms with E-state index in [0.717, 1.165) is 11.1 Å². The van der Waals surface area contributed by atoms with Crippen molar-refractivity contribution < 1.29 is 18.8 Å². The molecule has 5 nitrogen and oxygen atoms in total. The zero-order valence-corrected chi connectivity index (χ0v) is 14.7. The molecule has 0 saturated carbocycles. The van der Waals surface area contributed by atoms with Gasteiger partial charge in [-0.15, -0.1) is 0 Å². The summed E-state index contributed by atoms with van der Waals surface area (Å²) in [4.78, 5) is 20.9. The Morgan fingerprint density at radius 1 is 1.04 bits per heavy atom. The summed E-state index contributed by atoms with van der Waals surface area (Å²) >= 11 is 0. The number of carbonyl (C=O) groups excluding carboxylic acids is 1. The number of benzene rings is 2. The van der Waals surface area contributed by atoms with Gasteiger partial charge < -0.3 is 9.57 Å². The Morgan fingerprint density at radius 2 is 1.82 bits per heavy atom. The number of carbonyl (C=O) groups is 1. The molecule has 2 heterocycles. The van der Waals surface area contributed by atoms with Crippen LogP contribution in [0.25, 0.3) is 6.08 Å². The number of hydrogen-bond acceptors (Lipinski definition) is 5. The minimum atomic E-state index is -0.545. The average Bonchev–Trinajstić information content (AvgIpc) is 3.09. The molecular weight excluding hydrogens is 359 g/mol. The van der Waals surface area contributed by atoms with E-state index in [-0.39, 0.29) is 5.82 Å². The molecule has 1 aliphatic heterocycles. The van der Waals surface area contributed by atoms with E-state index in [9.17, 15) is 9.18 Å². The third-order valence-corrected chi connectivity index (χ3v) is 4.13. The van der Waals surface area contributed by atoms with Crippen molar-refractivity contribution in [1.29, 1.82) is 0 Å². The van der Waals surface area contributed by atoms with Gasteiger partial charge in [0.05, 0.1) is 5.57 Å². The lowest BCUT2D eigenvalue weighted by Gasteiger charge is -2.06. The first-order valence-electron chi connectivity index (χ1n) is 8.58. The fraction of sp³-hybridized carbons (Fsp3) is 0.0455. The Bertz CT molecular complexity index is 1040. The first-order valence-corrected chi connectivity index (χ1v) is 8.58. The number of aromatic nitrogens is 1. The van der Waals surface area contributed by atoms with Gasteiger partial charge in [-0.2, -0.15) is 0 Å². The summed E-state index contributed by atoms with van der Waals surface area (Å²) < 4.78 is 18.9. The molecule has 0 aliphatic carbocycles. The van der Waals surface area contributed by atoms with Crippen molar-refractivity contribution >= 4 is 17.8 Å². The third-order valence-electron chi connectivity index (χ3n) is 4.13. The third kappa shape index (κ3) is 3.96. The predicted molar refractivity (Wildman–Crippen MR) is 102 cm³/mol. The van der Waals surface area contributed by atoms with E-state index in [1.165, 1.54) is 12.1 Å². The van der Waals surface area contributed by atoms with Crippen molar-refractivity contribution in [1.82, 2.24) is 4.98 Å². The van der Waals surface area contributed by atoms with Crippen molar-refractivity contribution in [2.75, 3.05) is 0 Å². The normalized spacial score (nSPS) is 14.7. The molecule has 2 aromatic carbocycles. The molecule has 3 aromatic rings. The highest BCUT2D eigenvalue weighted by Crippen LogP contribution is 2.22. The van der Waals surface area contributed by atoms with E-state index in [2.05, 4.69) is 10.1 Å². The van der Waals surface area contributed by atoms with Crippen LogP contribution in [-0.4, -0.2) is 16.7 Å². The second-order valence-corrected chi connectivity index (χ2v) is 6.10. The Hall–Kier alpha value is -3.80. The van der Waals surface area contributed by atoms with Gasteiger partial charge in [-0.05, 0) is 54.1 Å². The molecular formula is C22H15FN2O3. The lowest BCUT2D eigenvalue weighted by molar-refractivity contribution is -0.136. The number of ether oxygens (including phenoxy) is 1. The second-order valence-electron chi connectivity index (χ2n) is 6.10. The quantitative estimate of drug-likeness (QED) is 0.497. The van der Waals surface area contributed by atoms with E-state index >= 15 is 0 Å². The maximum atomic E-state index is 13.1. The van der Waals surface area contributed by atoms with E-state index in [0.29, 0.717) is 29.2 Å². The Kier molecular flexibility index (Phi) is 4.93. The number of halogens is 1. The van der Waals surface area contributed by atoms with Crippen LogP contribution in [0.4, 0.5) is 4.39 Å². The number of oxime groups is 1. The molecule has 0 atom stereocenters. The average molecular weight is 374 g/mol. The number of rotatable bonds is 5. The molecule has 0 spiro atoms. The van der Waals surface area contributed by atoms with Gasteiger partial charge in [0, 0.05) is 23.5 Å². The largest absolute Gasteiger partial charge is 0.489 e. The first-order chi connectivity index (χ1) is 13.7. The van der Waals surface area contributed by atoms with Gasteiger partial charge in [0.25, 0.3) is 0 Å². The fourth-order valence-corrected chi connectivity index (χ4v) is 2.70. The summed E-state index contributed by atoms with van der Waals surface area (Å²) in [5.74, 6) is -0.203. The maximum Gasteiger partial charge on any atom is 0.368 e. The van der Waals surface area contributed by atoms with Crippen LogP contribution in [0.1, 0.15) is 16.7 Å². The van der Waals surface area contributed by atoms with E-state index < -0.39 is 5.97 Å². The molecule has 1 aliphatic rings. The number of pyridine rings is 1. The summed E-state index contributed by atoms with van der Waals surface area (Å²) in [7, 11) is 0. The van der Waals surface area contributed by atoms with E-state index in [4.69, 9.17) is 9.57 Å². The zero-order valence-electron chi connectivity index (χ0n) is 14.7. The molecule has 28 heavy (non-hydrogen) atoms. The second kappa shape index (κ2) is 7.84. The predicted octanol–water partition coefficient (Wildman–Crippen LogP) is 4.14. The number of hydrogen-bond donors (Lipinski definition) is 0. The van der Waals surface area contributed by atoms with Crippen LogP contribution in [0, 0.1) is 5.82 Å². The molecule has 4 rings (SSSR count). The molecule has 0 radical (unpaired) electrons. The summed E-state index contributed by atoms with van der Waals surface area (Å²) in [6.45, 7) is 0.419. The molecule has 0 bridgehead atoms. The van der Waals surface area contributed by atoms with Gasteiger partial charge in [-0.25, -0.2) is 9.18 Å². The van der Waals surface area contributed by atoms with Gasteiger partial charge >= 0.3 is 5.97 Å². The molecule has 0 amide bonds. The molecule has 0 fully saturated rings. The van der Waals surface area contributed by atoms with Crippen LogP contribution in [0.3, 0.4) is 0 Å². The van der Waals surface area contributed by atoms with Crippen LogP contribution >= 0.6 is 0 Å². The minimum Gasteiger partial charge on any atom is -0.489 e. The van der Waals surface area contributed by atoms with Crippen LogP contribution < -0.4 is 4.74 Å². The van der Waals surface area contributed by atoms with Crippen molar-refractivity contribution in [2.24, 2.45) is 5.16 Å². The summed E-state index contributed by atoms with van der Waals surface area (Å²) in [5, 5.41) is 3.82. The molecule has 0 N–H and O–H groups in total. The smallest absolute Gasteiger partial charge is 0.368 e. The Balaban J connectivity index is 1.50. The van der Waals surface area contributed by atoms with E-state index in [1.54, 1.807) is 30.6 Å². The molecule has 0 saturated heterocycles. The first kappa shape index (κ1) is 17.6. The van der Waals surface area contributed by atoms with Gasteiger partial charge in [0.15, 0.2) is 0 Å². The Morgan fingerprint density at radius 3 is 2.54 bits per heavy atom. The summed E-state index contributed by atoms with van der Waals surface area (Å²) in [5.41, 5.74) is 3.06. The van der Waals surface area contributed by atoms with Crippen LogP contribution in [0.2, 0.25) is 0 Å². The van der Waals surface area contributed by atoms with Crippen LogP contribution in [0.5, 0.6) is 5.75 Å². The highest BCUT2D eigenvalue weighted by atomic mass is 19.1. The molecule has 138 valence electrons. The van der Waals surface area contributed by atoms with Crippen molar-refractivity contribution in [3.8, 4) is 5.75 Å². The summed E-state index contributed by atoms with van der Waals surface area (Å²) in [6, 6.07) is 16.8. The topological polar surface area (TPSA) is 60.8 Å². The van der Waals surface area contributed by atoms with Gasteiger partial charge in [0.2, 0.25) is 0 Å². The number of nitrogens with zero attached hydrogens (tertiary/aromatic N) is 2. The van der Waals surface area contributed by atoms with Gasteiger partial charge in [-0.1, -0.05) is 23.4 Å². The maximum absolute atomic E-state index is 13.1. The summed E-state index contributed by atoms with van der Waals surface area (Å²) in [6.07, 6.45) is 5.15. The zero-order chi connectivity index (χ0) is 19.3. The lowest BCUT2D eigenvalue weighted by atomic mass is 10.0.